The summed E-state index contributed by atoms with van der Waals surface area (Å²) in [5.74, 6) is -0.121. The summed E-state index contributed by atoms with van der Waals surface area (Å²) in [6.07, 6.45) is 5.69. The maximum Gasteiger partial charge on any atom is 0.231 e. The van der Waals surface area contributed by atoms with E-state index in [0.717, 1.165) is 53.8 Å². The van der Waals surface area contributed by atoms with Crippen LogP contribution in [0.15, 0.2) is 54.0 Å². The van der Waals surface area contributed by atoms with Crippen LogP contribution in [0.5, 0.6) is 0 Å². The van der Waals surface area contributed by atoms with E-state index in [1.165, 1.54) is 0 Å². The van der Waals surface area contributed by atoms with Crippen LogP contribution < -0.4 is 9.62 Å². The first-order valence-corrected chi connectivity index (χ1v) is 16.1. The molecule has 1 saturated heterocycles. The molecule has 1 N–H and O–H groups in total. The Morgan fingerprint density at radius 1 is 1.05 bits per heavy atom. The van der Waals surface area contributed by atoms with Crippen LogP contribution in [0.4, 0.5) is 10.8 Å². The summed E-state index contributed by atoms with van der Waals surface area (Å²) >= 11 is 1.16. The predicted octanol–water partition coefficient (Wildman–Crippen LogP) is 3.27. The molecule has 2 aliphatic heterocycles. The Balaban J connectivity index is 1.46. The van der Waals surface area contributed by atoms with E-state index in [1.54, 1.807) is 18.5 Å². The van der Waals surface area contributed by atoms with Crippen molar-refractivity contribution in [1.29, 1.82) is 0 Å². The molecule has 0 spiro atoms. The van der Waals surface area contributed by atoms with Gasteiger partial charge < -0.3 is 9.80 Å². The van der Waals surface area contributed by atoms with Crippen molar-refractivity contribution < 1.29 is 18.0 Å². The lowest BCUT2D eigenvalue weighted by Crippen LogP contribution is -2.45. The highest BCUT2D eigenvalue weighted by Gasteiger charge is 2.37. The minimum absolute atomic E-state index is 0.0243. The molecule has 5 rings (SSSR count). The van der Waals surface area contributed by atoms with Crippen LogP contribution in [0.3, 0.4) is 0 Å². The van der Waals surface area contributed by atoms with E-state index in [2.05, 4.69) is 19.6 Å². The van der Waals surface area contributed by atoms with E-state index in [9.17, 15) is 18.0 Å². The molecule has 1 fully saturated rings. The Kier molecular flexibility index (Phi) is 8.48. The van der Waals surface area contributed by atoms with Crippen LogP contribution in [-0.4, -0.2) is 71.4 Å². The molecule has 40 heavy (non-hydrogen) atoms. The molecule has 212 valence electrons. The molecule has 2 aliphatic rings. The molecule has 2 atom stereocenters. The number of nitrogens with one attached hydrogen (secondary N) is 1. The van der Waals surface area contributed by atoms with E-state index >= 15 is 0 Å². The van der Waals surface area contributed by atoms with Gasteiger partial charge in [0, 0.05) is 62.5 Å². The fourth-order valence-electron chi connectivity index (χ4n) is 5.67. The van der Waals surface area contributed by atoms with Crippen molar-refractivity contribution in [2.45, 2.75) is 57.8 Å². The third kappa shape index (κ3) is 6.86. The van der Waals surface area contributed by atoms with E-state index in [1.807, 2.05) is 52.3 Å². The number of sulfonamides is 1. The van der Waals surface area contributed by atoms with E-state index in [4.69, 9.17) is 0 Å². The third-order valence-corrected chi connectivity index (χ3v) is 8.99. The largest absolute Gasteiger partial charge is 0.336 e. The van der Waals surface area contributed by atoms with Crippen LogP contribution in [0, 0.1) is 0 Å². The van der Waals surface area contributed by atoms with Crippen LogP contribution in [0.2, 0.25) is 0 Å². The molecule has 0 saturated carbocycles. The summed E-state index contributed by atoms with van der Waals surface area (Å²) < 4.78 is 25.6. The topological polar surface area (TPSA) is 116 Å². The number of carbonyl (C=O) groups is 2. The van der Waals surface area contributed by atoms with Gasteiger partial charge in [0.1, 0.15) is 0 Å². The van der Waals surface area contributed by atoms with Crippen molar-refractivity contribution in [2.24, 2.45) is 0 Å². The molecule has 2 bridgehead atoms. The quantitative estimate of drug-likeness (QED) is 0.474. The smallest absolute Gasteiger partial charge is 0.231 e. The summed E-state index contributed by atoms with van der Waals surface area (Å²) in [5, 5.41) is 1.95. The number of fused-ring (bicyclic) bond motifs is 3. The number of para-hydroxylation sites is 1. The molecule has 0 aliphatic carbocycles. The minimum Gasteiger partial charge on any atom is -0.336 e. The molecule has 10 nitrogen and oxygen atoms in total. The summed E-state index contributed by atoms with van der Waals surface area (Å²) in [4.78, 5) is 41.7. The lowest BCUT2D eigenvalue weighted by molar-refractivity contribution is -0.132. The van der Waals surface area contributed by atoms with E-state index in [-0.39, 0.29) is 35.5 Å². The Morgan fingerprint density at radius 3 is 2.58 bits per heavy atom. The number of rotatable bonds is 6. The Hall–Kier alpha value is -3.35. The first-order valence-electron chi connectivity index (χ1n) is 13.4. The van der Waals surface area contributed by atoms with Crippen LogP contribution in [0.1, 0.15) is 43.1 Å². The van der Waals surface area contributed by atoms with Crippen LogP contribution in [-0.2, 0) is 39.1 Å². The zero-order valence-electron chi connectivity index (χ0n) is 22.7. The van der Waals surface area contributed by atoms with Gasteiger partial charge in [0.2, 0.25) is 21.8 Å². The third-order valence-electron chi connectivity index (χ3n) is 7.49. The van der Waals surface area contributed by atoms with Crippen molar-refractivity contribution in [3.63, 3.8) is 0 Å². The summed E-state index contributed by atoms with van der Waals surface area (Å²) in [6.45, 7) is 3.76. The van der Waals surface area contributed by atoms with Gasteiger partial charge in [-0.15, -0.1) is 11.3 Å². The van der Waals surface area contributed by atoms with Crippen molar-refractivity contribution in [1.82, 2.24) is 19.8 Å². The number of nitrogens with zero attached hydrogens (tertiary/aromatic N) is 5. The predicted molar refractivity (Wildman–Crippen MR) is 155 cm³/mol. The Bertz CT molecular complexity index is 1460. The minimum atomic E-state index is -3.46. The number of hydrogen-bond acceptors (Lipinski definition) is 8. The molecule has 0 unspecified atom stereocenters. The highest BCUT2D eigenvalue weighted by atomic mass is 32.2. The molecule has 4 heterocycles. The molecule has 3 aromatic rings. The number of carbonyl (C=O) groups excluding carboxylic acids is 2. The van der Waals surface area contributed by atoms with E-state index in [0.29, 0.717) is 31.9 Å². The van der Waals surface area contributed by atoms with Gasteiger partial charge in [-0.1, -0.05) is 24.3 Å². The highest BCUT2D eigenvalue weighted by Crippen LogP contribution is 2.32. The average Bonchev–Trinajstić information content (AvgIpc) is 3.49. The van der Waals surface area contributed by atoms with Crippen molar-refractivity contribution in [2.75, 3.05) is 29.0 Å². The zero-order chi connectivity index (χ0) is 28.3. The molecule has 0 radical (unpaired) electrons. The van der Waals surface area contributed by atoms with Gasteiger partial charge in [0.05, 0.1) is 24.1 Å². The second kappa shape index (κ2) is 12.0. The summed E-state index contributed by atoms with van der Waals surface area (Å²) in [6, 6.07) is 14.1. The lowest BCUT2D eigenvalue weighted by atomic mass is 10.1. The number of thiazole rings is 1. The zero-order valence-corrected chi connectivity index (χ0v) is 24.3. The summed E-state index contributed by atoms with van der Waals surface area (Å²) in [5.41, 5.74) is 3.24. The van der Waals surface area contributed by atoms with Gasteiger partial charge in [-0.2, -0.15) is 0 Å². The van der Waals surface area contributed by atoms with Crippen molar-refractivity contribution in [3.05, 3.63) is 71.0 Å². The van der Waals surface area contributed by atoms with Gasteiger partial charge in [0.25, 0.3) is 0 Å². The average molecular weight is 583 g/mol. The number of aromatic nitrogens is 2. The fraction of sp³-hybridized carbons (Fsp3) is 0.429. The van der Waals surface area contributed by atoms with Gasteiger partial charge in [-0.3, -0.25) is 24.2 Å². The van der Waals surface area contributed by atoms with Crippen molar-refractivity contribution in [3.8, 4) is 0 Å². The molecular formula is C28H34N6O4S2. The van der Waals surface area contributed by atoms with Gasteiger partial charge in [0.15, 0.2) is 5.13 Å². The van der Waals surface area contributed by atoms with Gasteiger partial charge in [-0.05, 0) is 43.0 Å². The number of amides is 2. The van der Waals surface area contributed by atoms with E-state index < -0.39 is 10.0 Å². The maximum atomic E-state index is 13.8. The molecule has 1 aromatic carbocycles. The standard InChI is InChI=1S/C28H34N6O4S2/c1-20(35)33-14-12-24-10-11-25(34(24)17-22-8-5-6-13-29-22)18-32(16-21-7-3-4-9-26(21)33)27(36)15-23-19-39-28(30-23)31-40(2,37)38/h3-9,13,19,24-25H,10-12,14-18H2,1-2H3,(H,30,31)/t24-,25+/m0/s1. The van der Waals surface area contributed by atoms with Crippen LogP contribution >= 0.6 is 11.3 Å². The molecular weight excluding hydrogens is 548 g/mol. The molecule has 2 aromatic heterocycles. The Labute approximate surface area is 239 Å². The number of pyridine rings is 1. The van der Waals surface area contributed by atoms with Gasteiger partial charge in [-0.25, -0.2) is 13.4 Å². The number of benzene rings is 1. The normalized spacial score (nSPS) is 20.1. The van der Waals surface area contributed by atoms with Crippen molar-refractivity contribution >= 4 is 44.0 Å². The molecule has 2 amide bonds. The lowest BCUT2D eigenvalue weighted by Gasteiger charge is -2.33. The van der Waals surface area contributed by atoms with Crippen LogP contribution in [0.25, 0.3) is 0 Å². The highest BCUT2D eigenvalue weighted by molar-refractivity contribution is 7.92. The SMILES string of the molecule is CC(=O)N1CC[C@@H]2CC[C@H](CN(C(=O)Cc3csc(NS(C)(=O)=O)n3)Cc3ccccc31)N2Cc1ccccn1. The Morgan fingerprint density at radius 2 is 1.82 bits per heavy atom. The second-order valence-electron chi connectivity index (χ2n) is 10.4. The fourth-order valence-corrected chi connectivity index (χ4v) is 7.23. The number of hydrogen-bond donors (Lipinski definition) is 1. The second-order valence-corrected chi connectivity index (χ2v) is 13.0. The first kappa shape index (κ1) is 28.2. The van der Waals surface area contributed by atoms with Gasteiger partial charge >= 0.3 is 0 Å². The summed E-state index contributed by atoms with van der Waals surface area (Å²) in [7, 11) is -3.46. The maximum absolute atomic E-state index is 13.8. The molecule has 12 heteroatoms. The first-order chi connectivity index (χ1) is 19.2. The number of anilines is 2. The monoisotopic (exact) mass is 582 g/mol.